The van der Waals surface area contributed by atoms with Crippen LogP contribution in [0, 0.1) is 0 Å². The molecule has 2 heterocycles. The van der Waals surface area contributed by atoms with E-state index in [-0.39, 0.29) is 17.6 Å². The maximum Gasteiger partial charge on any atom is 0.350 e. The summed E-state index contributed by atoms with van der Waals surface area (Å²) >= 11 is 17.1. The number of rotatable bonds is 5. The van der Waals surface area contributed by atoms with Crippen LogP contribution < -0.4 is 10.5 Å². The molecule has 0 aliphatic heterocycles. The van der Waals surface area contributed by atoms with E-state index in [1.807, 2.05) is 0 Å². The first-order chi connectivity index (χ1) is 17.4. The Labute approximate surface area is 223 Å². The van der Waals surface area contributed by atoms with Gasteiger partial charge in [0.05, 0.1) is 11.8 Å². The zero-order valence-electron chi connectivity index (χ0n) is 18.7. The summed E-state index contributed by atoms with van der Waals surface area (Å²) in [7, 11) is 0. The van der Waals surface area contributed by atoms with E-state index in [1.165, 1.54) is 36.7 Å². The molecule has 0 saturated heterocycles. The predicted molar refractivity (Wildman–Crippen MR) is 134 cm³/mol. The van der Waals surface area contributed by atoms with Crippen molar-refractivity contribution < 1.29 is 28.0 Å². The van der Waals surface area contributed by atoms with Crippen molar-refractivity contribution in [3.8, 4) is 11.5 Å². The second-order valence-corrected chi connectivity index (χ2v) is 10.3. The SMILES string of the molecule is NC(=O)N(F)C(=O)CC1=CCC(F)(c2cccc(Oc3ccnc4c3ccn4C(=O)C(Cl)(Cl)Cl)c2)C=C1. The summed E-state index contributed by atoms with van der Waals surface area (Å²) < 4.78 is 34.0. The van der Waals surface area contributed by atoms with Crippen LogP contribution in [0.15, 0.2) is 72.6 Å². The van der Waals surface area contributed by atoms with E-state index in [9.17, 15) is 18.9 Å². The molecule has 0 bridgehead atoms. The van der Waals surface area contributed by atoms with Gasteiger partial charge in [0, 0.05) is 18.8 Å². The second kappa shape index (κ2) is 10.1. The monoisotopic (exact) mass is 568 g/mol. The Morgan fingerprint density at radius 1 is 1.22 bits per heavy atom. The molecule has 4 rings (SSSR count). The molecule has 1 atom stereocenters. The van der Waals surface area contributed by atoms with Crippen LogP contribution in [0.3, 0.4) is 0 Å². The number of pyridine rings is 1. The molecule has 13 heteroatoms. The van der Waals surface area contributed by atoms with Gasteiger partial charge in [-0.05, 0) is 41.5 Å². The van der Waals surface area contributed by atoms with Gasteiger partial charge in [-0.2, -0.15) is 0 Å². The largest absolute Gasteiger partial charge is 0.457 e. The van der Waals surface area contributed by atoms with E-state index in [0.717, 1.165) is 4.57 Å². The number of carbonyl (C=O) groups is 3. The number of urea groups is 1. The number of hydrogen-bond acceptors (Lipinski definition) is 5. The van der Waals surface area contributed by atoms with Gasteiger partial charge in [-0.1, -0.05) is 68.7 Å². The number of fused-ring (bicyclic) bond motifs is 1. The van der Waals surface area contributed by atoms with E-state index in [2.05, 4.69) is 4.98 Å². The maximum absolute atomic E-state index is 15.8. The zero-order chi connectivity index (χ0) is 27.0. The van der Waals surface area contributed by atoms with Gasteiger partial charge in [-0.25, -0.2) is 14.2 Å². The third kappa shape index (κ3) is 5.61. The molecule has 0 spiro atoms. The minimum Gasteiger partial charge on any atom is -0.457 e. The summed E-state index contributed by atoms with van der Waals surface area (Å²) in [6.45, 7) is 0. The summed E-state index contributed by atoms with van der Waals surface area (Å²) in [5.74, 6) is -1.34. The summed E-state index contributed by atoms with van der Waals surface area (Å²) in [5.41, 5.74) is 3.61. The van der Waals surface area contributed by atoms with Gasteiger partial charge in [0.1, 0.15) is 11.5 Å². The molecule has 0 fully saturated rings. The van der Waals surface area contributed by atoms with Gasteiger partial charge < -0.3 is 10.5 Å². The number of imide groups is 1. The first-order valence-corrected chi connectivity index (χ1v) is 11.7. The lowest BCUT2D eigenvalue weighted by Crippen LogP contribution is -2.34. The van der Waals surface area contributed by atoms with E-state index in [4.69, 9.17) is 45.3 Å². The number of nitrogens with two attached hydrogens (primary N) is 1. The number of benzene rings is 1. The highest BCUT2D eigenvalue weighted by Gasteiger charge is 2.34. The van der Waals surface area contributed by atoms with Crippen molar-refractivity contribution in [3.05, 3.63) is 78.2 Å². The van der Waals surface area contributed by atoms with E-state index >= 15 is 4.39 Å². The van der Waals surface area contributed by atoms with Crippen molar-refractivity contribution in [2.45, 2.75) is 22.3 Å². The number of alkyl halides is 4. The molecule has 2 aromatic heterocycles. The second-order valence-electron chi connectivity index (χ2n) is 8.03. The maximum atomic E-state index is 15.8. The number of ether oxygens (including phenoxy) is 1. The molecular weight excluding hydrogens is 553 g/mol. The van der Waals surface area contributed by atoms with Crippen molar-refractivity contribution >= 4 is 63.7 Å². The minimum atomic E-state index is -2.18. The Hall–Kier alpha value is -3.47. The number of amides is 3. The van der Waals surface area contributed by atoms with Crippen LogP contribution in [-0.2, 0) is 10.5 Å². The van der Waals surface area contributed by atoms with Crippen LogP contribution in [0.2, 0.25) is 0 Å². The Morgan fingerprint density at radius 2 is 1.97 bits per heavy atom. The molecule has 1 aliphatic rings. The summed E-state index contributed by atoms with van der Waals surface area (Å²) in [4.78, 5) is 39.0. The van der Waals surface area contributed by atoms with Crippen molar-refractivity contribution in [2.75, 3.05) is 0 Å². The Kier molecular flexibility index (Phi) is 7.27. The van der Waals surface area contributed by atoms with Gasteiger partial charge in [-0.15, -0.1) is 0 Å². The van der Waals surface area contributed by atoms with Gasteiger partial charge in [0.25, 0.3) is 15.6 Å². The van der Waals surface area contributed by atoms with E-state index in [1.54, 1.807) is 30.3 Å². The molecule has 1 unspecified atom stereocenters. The molecule has 37 heavy (non-hydrogen) atoms. The molecule has 0 radical (unpaired) electrons. The van der Waals surface area contributed by atoms with E-state index in [0.29, 0.717) is 22.5 Å². The number of aromatic nitrogens is 2. The average molecular weight is 570 g/mol. The van der Waals surface area contributed by atoms with E-state index < -0.39 is 38.8 Å². The Bertz CT molecular complexity index is 1470. The van der Waals surface area contributed by atoms with Crippen molar-refractivity contribution in [2.24, 2.45) is 5.73 Å². The zero-order valence-corrected chi connectivity index (χ0v) is 21.0. The molecule has 8 nitrogen and oxygen atoms in total. The highest BCUT2D eigenvalue weighted by molar-refractivity contribution is 6.76. The Balaban J connectivity index is 1.54. The van der Waals surface area contributed by atoms with Gasteiger partial charge in [0.2, 0.25) is 0 Å². The number of hydrogen-bond donors (Lipinski definition) is 1. The normalized spacial score (nSPS) is 17.4. The summed E-state index contributed by atoms with van der Waals surface area (Å²) in [6.07, 6.45) is 6.25. The molecule has 1 aromatic carbocycles. The predicted octanol–water partition coefficient (Wildman–Crippen LogP) is 6.07. The molecule has 2 N–H and O–H groups in total. The van der Waals surface area contributed by atoms with Crippen LogP contribution >= 0.6 is 34.8 Å². The lowest BCUT2D eigenvalue weighted by Gasteiger charge is -2.25. The molecule has 0 saturated carbocycles. The number of nitrogens with zero attached hydrogens (tertiary/aromatic N) is 3. The lowest BCUT2D eigenvalue weighted by molar-refractivity contribution is -0.138. The molecule has 3 amide bonds. The summed E-state index contributed by atoms with van der Waals surface area (Å²) in [6, 6.07) is 7.90. The number of primary amides is 1. The van der Waals surface area contributed by atoms with Crippen LogP contribution in [0.5, 0.6) is 11.5 Å². The third-order valence-corrected chi connectivity index (χ3v) is 6.03. The molecular formula is C24H17Cl3F2N4O4. The smallest absolute Gasteiger partial charge is 0.350 e. The standard InChI is InChI=1S/C24H17Cl3F2N4O4/c25-24(26,27)21(35)32-11-7-17-18(6-10-31-20(17)32)37-16-3-1-2-15(13-16)23(28)8-4-14(5-9-23)12-19(34)33(29)22(30)36/h1-8,10-11,13H,9,12H2,(H2,30,36). The van der Waals surface area contributed by atoms with Crippen LogP contribution in [0.25, 0.3) is 11.0 Å². The van der Waals surface area contributed by atoms with Crippen LogP contribution in [-0.4, -0.2) is 36.3 Å². The first-order valence-electron chi connectivity index (χ1n) is 10.6. The Morgan fingerprint density at radius 3 is 2.62 bits per heavy atom. The van der Waals surface area contributed by atoms with Crippen molar-refractivity contribution in [1.29, 1.82) is 0 Å². The fourth-order valence-electron chi connectivity index (χ4n) is 3.71. The first kappa shape index (κ1) is 26.6. The number of halogens is 5. The van der Waals surface area contributed by atoms with Crippen LogP contribution in [0.1, 0.15) is 23.2 Å². The van der Waals surface area contributed by atoms with Gasteiger partial charge in [0.15, 0.2) is 11.3 Å². The molecule has 3 aromatic rings. The molecule has 192 valence electrons. The van der Waals surface area contributed by atoms with Crippen molar-refractivity contribution in [3.63, 3.8) is 0 Å². The van der Waals surface area contributed by atoms with Gasteiger partial charge >= 0.3 is 6.03 Å². The molecule has 1 aliphatic carbocycles. The third-order valence-electron chi connectivity index (χ3n) is 5.54. The lowest BCUT2D eigenvalue weighted by atomic mass is 9.86. The minimum absolute atomic E-state index is 0.139. The van der Waals surface area contributed by atoms with Crippen LogP contribution in [0.4, 0.5) is 13.7 Å². The highest BCUT2D eigenvalue weighted by Crippen LogP contribution is 2.39. The summed E-state index contributed by atoms with van der Waals surface area (Å²) in [5, 5.41) is -0.233. The number of carbonyl (C=O) groups excluding carboxylic acids is 3. The average Bonchev–Trinajstić information content (AvgIpc) is 3.29. The quantitative estimate of drug-likeness (QED) is 0.296. The van der Waals surface area contributed by atoms with Crippen molar-refractivity contribution in [1.82, 2.24) is 14.7 Å². The fourth-order valence-corrected chi connectivity index (χ4v) is 3.99. The fraction of sp³-hybridized carbons (Fsp3) is 0.167. The highest BCUT2D eigenvalue weighted by atomic mass is 35.6. The van der Waals surface area contributed by atoms with Gasteiger partial charge in [-0.3, -0.25) is 14.2 Å². The number of allylic oxidation sites excluding steroid dienone is 3. The topological polar surface area (TPSA) is 108 Å².